The summed E-state index contributed by atoms with van der Waals surface area (Å²) in [6.45, 7) is 0. The Hall–Kier alpha value is -0.910. The van der Waals surface area contributed by atoms with Crippen molar-refractivity contribution in [1.29, 1.82) is 0 Å². The highest BCUT2D eigenvalue weighted by atomic mass is 79.9. The fourth-order valence-electron chi connectivity index (χ4n) is 1.52. The van der Waals surface area contributed by atoms with Gasteiger partial charge in [-0.3, -0.25) is 4.79 Å². The molecule has 3 nitrogen and oxygen atoms in total. The molecular weight excluding hydrogens is 348 g/mol. The number of carbonyl (C=O) groups excluding carboxylic acids is 1. The molecule has 0 aliphatic rings. The molecule has 19 heavy (non-hydrogen) atoms. The molecule has 1 aromatic carbocycles. The maximum absolute atomic E-state index is 11.6. The van der Waals surface area contributed by atoms with E-state index in [1.165, 1.54) is 11.3 Å². The molecule has 1 N–H and O–H groups in total. The van der Waals surface area contributed by atoms with E-state index in [-0.39, 0.29) is 5.91 Å². The predicted molar refractivity (Wildman–Crippen MR) is 83.8 cm³/mol. The van der Waals surface area contributed by atoms with Gasteiger partial charge in [-0.15, -0.1) is 22.9 Å². The van der Waals surface area contributed by atoms with Gasteiger partial charge in [-0.2, -0.15) is 0 Å². The van der Waals surface area contributed by atoms with Crippen molar-refractivity contribution in [1.82, 2.24) is 4.98 Å². The molecule has 6 heteroatoms. The van der Waals surface area contributed by atoms with Crippen LogP contribution in [0.1, 0.15) is 12.8 Å². The minimum absolute atomic E-state index is 0.0456. The maximum atomic E-state index is 11.6. The van der Waals surface area contributed by atoms with Crippen LogP contribution in [0, 0.1) is 0 Å². The molecule has 0 spiro atoms. The van der Waals surface area contributed by atoms with Crippen LogP contribution in [0.25, 0.3) is 11.3 Å². The van der Waals surface area contributed by atoms with Crippen LogP contribution in [0.5, 0.6) is 0 Å². The molecule has 0 saturated heterocycles. The molecule has 0 atom stereocenters. The highest BCUT2D eigenvalue weighted by molar-refractivity contribution is 9.10. The van der Waals surface area contributed by atoms with E-state index < -0.39 is 0 Å². The number of nitrogens with one attached hydrogen (secondary N) is 1. The molecule has 0 bridgehead atoms. The zero-order valence-electron chi connectivity index (χ0n) is 10.0. The first-order chi connectivity index (χ1) is 9.19. The minimum Gasteiger partial charge on any atom is -0.302 e. The van der Waals surface area contributed by atoms with Crippen molar-refractivity contribution in [2.75, 3.05) is 11.2 Å². The third-order valence-corrected chi connectivity index (χ3v) is 3.93. The second-order valence-electron chi connectivity index (χ2n) is 3.89. The van der Waals surface area contributed by atoms with Gasteiger partial charge >= 0.3 is 0 Å². The number of rotatable bonds is 5. The van der Waals surface area contributed by atoms with E-state index in [1.807, 2.05) is 29.6 Å². The normalized spacial score (nSPS) is 10.4. The molecule has 0 radical (unpaired) electrons. The lowest BCUT2D eigenvalue weighted by molar-refractivity contribution is -0.116. The summed E-state index contributed by atoms with van der Waals surface area (Å²) in [5, 5.41) is 5.33. The van der Waals surface area contributed by atoms with Gasteiger partial charge in [0, 0.05) is 27.7 Å². The van der Waals surface area contributed by atoms with Crippen LogP contribution in [-0.4, -0.2) is 16.8 Å². The van der Waals surface area contributed by atoms with Crippen LogP contribution in [0.2, 0.25) is 0 Å². The highest BCUT2D eigenvalue weighted by Crippen LogP contribution is 2.26. The van der Waals surface area contributed by atoms with Crippen molar-refractivity contribution in [2.45, 2.75) is 12.8 Å². The molecule has 0 aliphatic carbocycles. The van der Waals surface area contributed by atoms with Gasteiger partial charge in [-0.05, 0) is 18.6 Å². The fourth-order valence-corrected chi connectivity index (χ4v) is 2.79. The zero-order chi connectivity index (χ0) is 13.7. The minimum atomic E-state index is -0.0456. The average molecular weight is 360 g/mol. The third kappa shape index (κ3) is 4.30. The molecule has 1 aromatic heterocycles. The number of hydrogen-bond acceptors (Lipinski definition) is 3. The Morgan fingerprint density at radius 1 is 1.47 bits per heavy atom. The van der Waals surface area contributed by atoms with Crippen molar-refractivity contribution in [3.05, 3.63) is 34.1 Å². The molecule has 0 fully saturated rings. The lowest BCUT2D eigenvalue weighted by Gasteiger charge is -2.00. The largest absolute Gasteiger partial charge is 0.302 e. The summed E-state index contributed by atoms with van der Waals surface area (Å²) in [4.78, 5) is 16.0. The third-order valence-electron chi connectivity index (χ3n) is 2.41. The van der Waals surface area contributed by atoms with E-state index >= 15 is 0 Å². The van der Waals surface area contributed by atoms with E-state index in [9.17, 15) is 4.79 Å². The number of amides is 1. The molecule has 2 rings (SSSR count). The standard InChI is InChI=1S/C13H12BrClN2OS/c14-10-4-1-3-9(7-10)11-8-19-13(16-11)17-12(18)5-2-6-15/h1,3-4,7-8H,2,5-6H2,(H,16,17,18). The summed E-state index contributed by atoms with van der Waals surface area (Å²) >= 11 is 10.4. The molecule has 0 saturated carbocycles. The van der Waals surface area contributed by atoms with Crippen LogP contribution in [0.3, 0.4) is 0 Å². The summed E-state index contributed by atoms with van der Waals surface area (Å²) in [5.74, 6) is 0.449. The van der Waals surface area contributed by atoms with Crippen LogP contribution in [0.4, 0.5) is 5.13 Å². The van der Waals surface area contributed by atoms with Crippen LogP contribution in [-0.2, 0) is 4.79 Å². The number of benzene rings is 1. The van der Waals surface area contributed by atoms with Crippen molar-refractivity contribution < 1.29 is 4.79 Å². The second-order valence-corrected chi connectivity index (χ2v) is 6.04. The first-order valence-corrected chi connectivity index (χ1v) is 7.97. The van der Waals surface area contributed by atoms with Crippen molar-refractivity contribution >= 4 is 49.9 Å². The lowest BCUT2D eigenvalue weighted by Crippen LogP contribution is -2.10. The van der Waals surface area contributed by atoms with Crippen LogP contribution >= 0.6 is 38.9 Å². The van der Waals surface area contributed by atoms with Crippen molar-refractivity contribution in [3.63, 3.8) is 0 Å². The molecule has 1 amide bonds. The van der Waals surface area contributed by atoms with Crippen molar-refractivity contribution in [3.8, 4) is 11.3 Å². The zero-order valence-corrected chi connectivity index (χ0v) is 13.2. The summed E-state index contributed by atoms with van der Waals surface area (Å²) in [5.41, 5.74) is 1.88. The quantitative estimate of drug-likeness (QED) is 0.797. The Morgan fingerprint density at radius 2 is 2.32 bits per heavy atom. The van der Waals surface area contributed by atoms with E-state index in [2.05, 4.69) is 26.2 Å². The Morgan fingerprint density at radius 3 is 3.05 bits per heavy atom. The van der Waals surface area contributed by atoms with Gasteiger partial charge < -0.3 is 5.32 Å². The topological polar surface area (TPSA) is 42.0 Å². The van der Waals surface area contributed by atoms with E-state index in [4.69, 9.17) is 11.6 Å². The molecule has 0 aliphatic heterocycles. The molecule has 1 heterocycles. The monoisotopic (exact) mass is 358 g/mol. The van der Waals surface area contributed by atoms with Gasteiger partial charge in [0.25, 0.3) is 0 Å². The van der Waals surface area contributed by atoms with Gasteiger partial charge in [-0.25, -0.2) is 4.98 Å². The van der Waals surface area contributed by atoms with E-state index in [0.717, 1.165) is 15.7 Å². The van der Waals surface area contributed by atoms with E-state index in [1.54, 1.807) is 0 Å². The maximum Gasteiger partial charge on any atom is 0.226 e. The van der Waals surface area contributed by atoms with E-state index in [0.29, 0.717) is 23.9 Å². The summed E-state index contributed by atoms with van der Waals surface area (Å²) in [6, 6.07) is 7.90. The van der Waals surface area contributed by atoms with Crippen molar-refractivity contribution in [2.24, 2.45) is 0 Å². The summed E-state index contributed by atoms with van der Waals surface area (Å²) in [6.07, 6.45) is 1.10. The SMILES string of the molecule is O=C(CCCCl)Nc1nc(-c2cccc(Br)c2)cs1. The Kier molecular flexibility index (Phi) is 5.36. The van der Waals surface area contributed by atoms with Gasteiger partial charge in [0.05, 0.1) is 5.69 Å². The first-order valence-electron chi connectivity index (χ1n) is 5.76. The Balaban J connectivity index is 2.05. The number of aromatic nitrogens is 1. The molecule has 2 aromatic rings. The van der Waals surface area contributed by atoms with Gasteiger partial charge in [0.1, 0.15) is 0 Å². The Labute approximate surface area is 129 Å². The summed E-state index contributed by atoms with van der Waals surface area (Å²) < 4.78 is 1.01. The number of hydrogen-bond donors (Lipinski definition) is 1. The number of nitrogens with zero attached hydrogens (tertiary/aromatic N) is 1. The first kappa shape index (κ1) is 14.5. The highest BCUT2D eigenvalue weighted by Gasteiger charge is 2.08. The number of anilines is 1. The molecule has 100 valence electrons. The smallest absolute Gasteiger partial charge is 0.226 e. The van der Waals surface area contributed by atoms with Crippen LogP contribution in [0.15, 0.2) is 34.1 Å². The second kappa shape index (κ2) is 7.03. The van der Waals surface area contributed by atoms with Gasteiger partial charge in [0.15, 0.2) is 5.13 Å². The van der Waals surface area contributed by atoms with Crippen LogP contribution < -0.4 is 5.32 Å². The van der Waals surface area contributed by atoms with Gasteiger partial charge in [0.2, 0.25) is 5.91 Å². The number of thiazole rings is 1. The average Bonchev–Trinajstić information content (AvgIpc) is 2.85. The fraction of sp³-hybridized carbons (Fsp3) is 0.231. The Bertz CT molecular complexity index is 573. The molecule has 0 unspecified atom stereocenters. The predicted octanol–water partition coefficient (Wildman–Crippen LogP) is 4.53. The number of carbonyl (C=O) groups is 1. The molecular formula is C13H12BrClN2OS. The number of halogens is 2. The van der Waals surface area contributed by atoms with Gasteiger partial charge in [-0.1, -0.05) is 28.1 Å². The number of alkyl halides is 1. The summed E-state index contributed by atoms with van der Waals surface area (Å²) in [7, 11) is 0. The lowest BCUT2D eigenvalue weighted by atomic mass is 10.2.